The van der Waals surface area contributed by atoms with Crippen molar-refractivity contribution in [1.82, 2.24) is 19.2 Å². The summed E-state index contributed by atoms with van der Waals surface area (Å²) in [4.78, 5) is 13.1. The van der Waals surface area contributed by atoms with Crippen LogP contribution in [0.15, 0.2) is 53.3 Å². The third-order valence-corrected chi connectivity index (χ3v) is 4.57. The first kappa shape index (κ1) is 15.6. The Morgan fingerprint density at radius 1 is 0.960 bits per heavy atom. The molecule has 0 aliphatic carbocycles. The third-order valence-electron chi connectivity index (χ3n) is 4.57. The molecule has 0 bridgehead atoms. The molecule has 126 valence electrons. The highest BCUT2D eigenvalue weighted by Crippen LogP contribution is 2.18. The predicted octanol–water partition coefficient (Wildman–Crippen LogP) is 3.55. The fourth-order valence-electron chi connectivity index (χ4n) is 3.26. The van der Waals surface area contributed by atoms with Crippen LogP contribution in [0.3, 0.4) is 0 Å². The van der Waals surface area contributed by atoms with E-state index in [1.165, 1.54) is 5.56 Å². The van der Waals surface area contributed by atoms with Crippen LogP contribution in [0.25, 0.3) is 22.4 Å². The number of fused-ring (bicyclic) bond motifs is 3. The van der Waals surface area contributed by atoms with Crippen molar-refractivity contribution in [3.63, 3.8) is 0 Å². The predicted molar refractivity (Wildman–Crippen MR) is 99.5 cm³/mol. The summed E-state index contributed by atoms with van der Waals surface area (Å²) >= 11 is 0. The van der Waals surface area contributed by atoms with Crippen LogP contribution < -0.4 is 5.56 Å². The van der Waals surface area contributed by atoms with E-state index in [4.69, 9.17) is 0 Å². The van der Waals surface area contributed by atoms with Gasteiger partial charge in [0.05, 0.1) is 16.6 Å². The molecule has 0 fully saturated rings. The molecule has 4 rings (SSSR count). The second-order valence-corrected chi connectivity index (χ2v) is 6.18. The monoisotopic (exact) mass is 332 g/mol. The summed E-state index contributed by atoms with van der Waals surface area (Å²) in [5.74, 6) is 1.45. The van der Waals surface area contributed by atoms with Crippen molar-refractivity contribution in [2.75, 3.05) is 0 Å². The van der Waals surface area contributed by atoms with Crippen molar-refractivity contribution in [3.8, 4) is 5.69 Å². The highest BCUT2D eigenvalue weighted by atomic mass is 16.1. The molecule has 4 aromatic rings. The largest absolute Gasteiger partial charge is 0.268 e. The van der Waals surface area contributed by atoms with Gasteiger partial charge in [0.1, 0.15) is 5.82 Å². The molecule has 2 heterocycles. The van der Waals surface area contributed by atoms with Crippen LogP contribution >= 0.6 is 0 Å². The molecule has 5 nitrogen and oxygen atoms in total. The molecular formula is C20H20N4O. The summed E-state index contributed by atoms with van der Waals surface area (Å²) in [7, 11) is 0. The van der Waals surface area contributed by atoms with Crippen LogP contribution in [0.2, 0.25) is 0 Å². The Morgan fingerprint density at radius 2 is 1.72 bits per heavy atom. The van der Waals surface area contributed by atoms with Crippen molar-refractivity contribution in [2.24, 2.45) is 0 Å². The van der Waals surface area contributed by atoms with Crippen molar-refractivity contribution in [3.05, 3.63) is 70.3 Å². The number of para-hydroxylation sites is 1. The van der Waals surface area contributed by atoms with Gasteiger partial charge in [-0.1, -0.05) is 38.1 Å². The summed E-state index contributed by atoms with van der Waals surface area (Å²) in [6.07, 6.45) is 2.76. The third kappa shape index (κ3) is 2.43. The maximum absolute atomic E-state index is 13.1. The number of nitrogens with zero attached hydrogens (tertiary/aromatic N) is 4. The Kier molecular flexibility index (Phi) is 3.84. The molecule has 0 spiro atoms. The Balaban J connectivity index is 2.11. The maximum Gasteiger partial charge on any atom is 0.267 e. The summed E-state index contributed by atoms with van der Waals surface area (Å²) in [5, 5.41) is 9.37. The van der Waals surface area contributed by atoms with Gasteiger partial charge in [-0.05, 0) is 42.7 Å². The molecular weight excluding hydrogens is 312 g/mol. The summed E-state index contributed by atoms with van der Waals surface area (Å²) < 4.78 is 3.67. The first-order valence-electron chi connectivity index (χ1n) is 8.71. The van der Waals surface area contributed by atoms with Crippen LogP contribution in [-0.4, -0.2) is 19.2 Å². The van der Waals surface area contributed by atoms with Crippen LogP contribution in [0, 0.1) is 0 Å². The highest BCUT2D eigenvalue weighted by molar-refractivity contribution is 5.81. The number of hydrogen-bond acceptors (Lipinski definition) is 3. The Hall–Kier alpha value is -2.95. The zero-order chi connectivity index (χ0) is 17.4. The van der Waals surface area contributed by atoms with E-state index in [1.54, 1.807) is 4.57 Å². The maximum atomic E-state index is 13.1. The standard InChI is InChI=1S/C20H20N4O/c1-3-7-18-21-22-20-23(15-12-10-14(4-2)11-13-15)19(25)16-8-5-6-9-17(16)24(18)20/h5-6,8-13H,3-4,7H2,1-2H3. The summed E-state index contributed by atoms with van der Waals surface area (Å²) in [5.41, 5.74) is 2.84. The van der Waals surface area contributed by atoms with Crippen LogP contribution in [0.1, 0.15) is 31.7 Å². The van der Waals surface area contributed by atoms with Crippen molar-refractivity contribution < 1.29 is 0 Å². The number of hydrogen-bond donors (Lipinski definition) is 0. The molecule has 5 heteroatoms. The van der Waals surface area contributed by atoms with E-state index in [0.717, 1.165) is 36.3 Å². The van der Waals surface area contributed by atoms with Gasteiger partial charge in [-0.15, -0.1) is 10.2 Å². The number of benzene rings is 2. The molecule has 0 aliphatic heterocycles. The minimum absolute atomic E-state index is 0.0669. The first-order chi connectivity index (χ1) is 12.2. The lowest BCUT2D eigenvalue weighted by atomic mass is 10.1. The van der Waals surface area contributed by atoms with Crippen LogP contribution in [-0.2, 0) is 12.8 Å². The van der Waals surface area contributed by atoms with Gasteiger partial charge in [-0.2, -0.15) is 0 Å². The van der Waals surface area contributed by atoms with Crippen molar-refractivity contribution in [1.29, 1.82) is 0 Å². The van der Waals surface area contributed by atoms with Gasteiger partial charge in [-0.25, -0.2) is 4.57 Å². The van der Waals surface area contributed by atoms with E-state index in [9.17, 15) is 4.79 Å². The molecule has 0 atom stereocenters. The SMILES string of the molecule is CCCc1nnc2n(-c3ccc(CC)cc3)c(=O)c3ccccc3n12. The molecule has 2 aromatic carbocycles. The molecule has 25 heavy (non-hydrogen) atoms. The van der Waals surface area contributed by atoms with E-state index in [1.807, 2.05) is 40.8 Å². The van der Waals surface area contributed by atoms with Crippen LogP contribution in [0.5, 0.6) is 0 Å². The lowest BCUT2D eigenvalue weighted by Gasteiger charge is -2.11. The average Bonchev–Trinajstić information content (AvgIpc) is 3.06. The quantitative estimate of drug-likeness (QED) is 0.574. The Labute approximate surface area is 145 Å². The van der Waals surface area contributed by atoms with E-state index < -0.39 is 0 Å². The molecule has 0 aliphatic rings. The lowest BCUT2D eigenvalue weighted by molar-refractivity contribution is 0.823. The highest BCUT2D eigenvalue weighted by Gasteiger charge is 2.16. The molecule has 0 saturated carbocycles. The topological polar surface area (TPSA) is 52.2 Å². The fraction of sp³-hybridized carbons (Fsp3) is 0.250. The second kappa shape index (κ2) is 6.16. The fourth-order valence-corrected chi connectivity index (χ4v) is 3.26. The number of rotatable bonds is 4. The zero-order valence-electron chi connectivity index (χ0n) is 14.4. The minimum Gasteiger partial charge on any atom is -0.268 e. The minimum atomic E-state index is -0.0669. The number of aromatic nitrogens is 4. The van der Waals surface area contributed by atoms with Gasteiger partial charge in [-0.3, -0.25) is 9.20 Å². The summed E-state index contributed by atoms with van der Waals surface area (Å²) in [6, 6.07) is 15.7. The Morgan fingerprint density at radius 3 is 2.44 bits per heavy atom. The van der Waals surface area contributed by atoms with Crippen molar-refractivity contribution >= 4 is 16.7 Å². The molecule has 0 unspecified atom stereocenters. The molecule has 0 N–H and O–H groups in total. The Bertz CT molecular complexity index is 1110. The first-order valence-corrected chi connectivity index (χ1v) is 8.71. The summed E-state index contributed by atoms with van der Waals surface area (Å²) in [6.45, 7) is 4.23. The second-order valence-electron chi connectivity index (χ2n) is 6.18. The van der Waals surface area contributed by atoms with Crippen molar-refractivity contribution in [2.45, 2.75) is 33.1 Å². The zero-order valence-corrected chi connectivity index (χ0v) is 14.4. The van der Waals surface area contributed by atoms with Gasteiger partial charge in [0.2, 0.25) is 5.78 Å². The van der Waals surface area contributed by atoms with Gasteiger partial charge >= 0.3 is 0 Å². The van der Waals surface area contributed by atoms with E-state index in [0.29, 0.717) is 11.2 Å². The van der Waals surface area contributed by atoms with E-state index in [2.05, 4.69) is 36.2 Å². The van der Waals surface area contributed by atoms with Gasteiger partial charge in [0.15, 0.2) is 0 Å². The van der Waals surface area contributed by atoms with E-state index in [-0.39, 0.29) is 5.56 Å². The van der Waals surface area contributed by atoms with E-state index >= 15 is 0 Å². The number of aryl methyl sites for hydroxylation is 2. The molecule has 2 aromatic heterocycles. The molecule has 0 radical (unpaired) electrons. The smallest absolute Gasteiger partial charge is 0.267 e. The normalized spacial score (nSPS) is 11.4. The van der Waals surface area contributed by atoms with Gasteiger partial charge < -0.3 is 0 Å². The molecule has 0 saturated heterocycles. The van der Waals surface area contributed by atoms with Crippen LogP contribution in [0.4, 0.5) is 0 Å². The van der Waals surface area contributed by atoms with Gasteiger partial charge in [0.25, 0.3) is 5.56 Å². The average molecular weight is 332 g/mol. The lowest BCUT2D eigenvalue weighted by Crippen LogP contribution is -2.22. The molecule has 0 amide bonds. The van der Waals surface area contributed by atoms with Gasteiger partial charge in [0, 0.05) is 6.42 Å².